The van der Waals surface area contributed by atoms with Crippen LogP contribution < -0.4 is 4.74 Å². The maximum atomic E-state index is 13.2. The molecule has 0 aromatic heterocycles. The van der Waals surface area contributed by atoms with Gasteiger partial charge in [0.25, 0.3) is 0 Å². The molecule has 0 spiro atoms. The first-order chi connectivity index (χ1) is 16.7. The smallest absolute Gasteiger partial charge is 0.222 e. The van der Waals surface area contributed by atoms with Gasteiger partial charge in [-0.15, -0.1) is 0 Å². The minimum absolute atomic E-state index is 0.191. The Morgan fingerprint density at radius 3 is 2.21 bits per heavy atom. The summed E-state index contributed by atoms with van der Waals surface area (Å²) in [6, 6.07) is 29.9. The lowest BCUT2D eigenvalue weighted by molar-refractivity contribution is -0.141. The molecule has 0 saturated carbocycles. The lowest BCUT2D eigenvalue weighted by atomic mass is 9.81. The molecule has 0 bridgehead atoms. The number of carbonyl (C=O) groups is 1. The third-order valence-corrected chi connectivity index (χ3v) is 7.60. The van der Waals surface area contributed by atoms with E-state index < -0.39 is 0 Å². The van der Waals surface area contributed by atoms with Crippen LogP contribution in [0.2, 0.25) is 0 Å². The molecule has 2 saturated heterocycles. The molecule has 2 aliphatic rings. The van der Waals surface area contributed by atoms with E-state index in [-0.39, 0.29) is 5.92 Å². The summed E-state index contributed by atoms with van der Waals surface area (Å²) >= 11 is 0. The van der Waals surface area contributed by atoms with E-state index in [1.54, 1.807) is 7.11 Å². The van der Waals surface area contributed by atoms with Crippen molar-refractivity contribution < 1.29 is 9.53 Å². The summed E-state index contributed by atoms with van der Waals surface area (Å²) in [5, 5.41) is 0. The van der Waals surface area contributed by atoms with Gasteiger partial charge in [-0.05, 0) is 36.0 Å². The Labute approximate surface area is 203 Å². The number of benzene rings is 3. The second-order valence-electron chi connectivity index (χ2n) is 9.62. The molecule has 4 nitrogen and oxygen atoms in total. The molecular formula is C30H34N2O2. The van der Waals surface area contributed by atoms with Crippen LogP contribution in [0, 0.1) is 5.92 Å². The minimum Gasteiger partial charge on any atom is -0.496 e. The number of amides is 1. The van der Waals surface area contributed by atoms with Crippen molar-refractivity contribution in [3.63, 3.8) is 0 Å². The van der Waals surface area contributed by atoms with E-state index in [9.17, 15) is 4.79 Å². The van der Waals surface area contributed by atoms with Gasteiger partial charge in [-0.1, -0.05) is 78.9 Å². The fourth-order valence-electron chi connectivity index (χ4n) is 5.85. The van der Waals surface area contributed by atoms with Crippen LogP contribution >= 0.6 is 0 Å². The zero-order valence-electron chi connectivity index (χ0n) is 20.0. The highest BCUT2D eigenvalue weighted by Crippen LogP contribution is 2.35. The lowest BCUT2D eigenvalue weighted by Gasteiger charge is -2.48. The summed E-state index contributed by atoms with van der Waals surface area (Å²) in [7, 11) is 1.74. The monoisotopic (exact) mass is 454 g/mol. The van der Waals surface area contributed by atoms with Crippen LogP contribution in [0.1, 0.15) is 41.9 Å². The number of rotatable bonds is 7. The maximum absolute atomic E-state index is 13.2. The van der Waals surface area contributed by atoms with Crippen LogP contribution in [0.15, 0.2) is 84.9 Å². The number of likely N-dealkylation sites (tertiary alicyclic amines) is 2. The largest absolute Gasteiger partial charge is 0.496 e. The van der Waals surface area contributed by atoms with Crippen molar-refractivity contribution >= 4 is 5.91 Å². The fraction of sp³-hybridized carbons (Fsp3) is 0.367. The highest BCUT2D eigenvalue weighted by molar-refractivity contribution is 5.77. The average molecular weight is 455 g/mol. The third-order valence-electron chi connectivity index (χ3n) is 7.60. The molecule has 176 valence electrons. The Hall–Kier alpha value is -3.11. The second-order valence-corrected chi connectivity index (χ2v) is 9.62. The predicted molar refractivity (Wildman–Crippen MR) is 136 cm³/mol. The molecule has 2 fully saturated rings. The number of carbonyl (C=O) groups excluding carboxylic acids is 1. The Morgan fingerprint density at radius 1 is 0.882 bits per heavy atom. The van der Waals surface area contributed by atoms with Crippen LogP contribution in [0.25, 0.3) is 0 Å². The molecule has 5 rings (SSSR count). The second kappa shape index (κ2) is 10.4. The molecular weight excluding hydrogens is 420 g/mol. The number of para-hydroxylation sites is 1. The number of ether oxygens (including phenoxy) is 1. The first-order valence-electron chi connectivity index (χ1n) is 12.5. The van der Waals surface area contributed by atoms with E-state index in [2.05, 4.69) is 82.6 Å². The summed E-state index contributed by atoms with van der Waals surface area (Å²) in [6.07, 6.45) is 2.67. The van der Waals surface area contributed by atoms with Crippen molar-refractivity contribution in [2.45, 2.75) is 37.8 Å². The molecule has 2 heterocycles. The summed E-state index contributed by atoms with van der Waals surface area (Å²) < 4.78 is 5.57. The van der Waals surface area contributed by atoms with Gasteiger partial charge in [0, 0.05) is 50.1 Å². The molecule has 3 aromatic rings. The van der Waals surface area contributed by atoms with Crippen LogP contribution in [-0.2, 0) is 11.3 Å². The SMILES string of the molecule is COc1ccccc1CN1CC[C@@H]2[C@@H](CCC(=O)N2CC(c2ccccc2)c2ccccc2)C1. The quantitative estimate of drug-likeness (QED) is 0.483. The predicted octanol–water partition coefficient (Wildman–Crippen LogP) is 5.34. The Morgan fingerprint density at radius 2 is 1.53 bits per heavy atom. The molecule has 2 atom stereocenters. The van der Waals surface area contributed by atoms with Crippen LogP contribution in [0.4, 0.5) is 0 Å². The number of methoxy groups -OCH3 is 1. The van der Waals surface area contributed by atoms with E-state index in [0.717, 1.165) is 44.8 Å². The highest BCUT2D eigenvalue weighted by atomic mass is 16.5. The summed E-state index contributed by atoms with van der Waals surface area (Å²) in [5.41, 5.74) is 3.79. The van der Waals surface area contributed by atoms with Gasteiger partial charge in [0.2, 0.25) is 5.91 Å². The Kier molecular flexibility index (Phi) is 6.96. The highest BCUT2D eigenvalue weighted by Gasteiger charge is 2.40. The fourth-order valence-corrected chi connectivity index (χ4v) is 5.85. The van der Waals surface area contributed by atoms with Crippen molar-refractivity contribution in [1.82, 2.24) is 9.80 Å². The first-order valence-corrected chi connectivity index (χ1v) is 12.5. The molecule has 3 aromatic carbocycles. The zero-order valence-corrected chi connectivity index (χ0v) is 20.0. The number of nitrogens with zero attached hydrogens (tertiary/aromatic N) is 2. The summed E-state index contributed by atoms with van der Waals surface area (Å²) in [6.45, 7) is 3.69. The third kappa shape index (κ3) is 4.88. The lowest BCUT2D eigenvalue weighted by Crippen LogP contribution is -2.56. The minimum atomic E-state index is 0.191. The van der Waals surface area contributed by atoms with Gasteiger partial charge >= 0.3 is 0 Å². The van der Waals surface area contributed by atoms with E-state index in [1.165, 1.54) is 16.7 Å². The Balaban J connectivity index is 1.33. The number of piperidine rings is 2. The van der Waals surface area contributed by atoms with Gasteiger partial charge in [-0.25, -0.2) is 0 Å². The molecule has 0 radical (unpaired) electrons. The van der Waals surface area contributed by atoms with Crippen molar-refractivity contribution in [3.8, 4) is 5.75 Å². The number of fused-ring (bicyclic) bond motifs is 1. The Bertz CT molecular complexity index is 1050. The van der Waals surface area contributed by atoms with Crippen molar-refractivity contribution in [2.75, 3.05) is 26.7 Å². The molecule has 0 unspecified atom stereocenters. The van der Waals surface area contributed by atoms with Crippen LogP contribution in [-0.4, -0.2) is 48.5 Å². The zero-order chi connectivity index (χ0) is 23.3. The van der Waals surface area contributed by atoms with Gasteiger partial charge in [-0.2, -0.15) is 0 Å². The number of hydrogen-bond donors (Lipinski definition) is 0. The molecule has 0 aliphatic carbocycles. The molecule has 1 amide bonds. The standard InChI is InChI=1S/C30H34N2O2/c1-34-29-15-9-8-14-26(29)21-31-19-18-28-25(20-31)16-17-30(33)32(28)22-27(23-10-4-2-5-11-23)24-12-6-3-7-13-24/h2-15,25,27-28H,16-22H2,1H3/t25-,28+/m0/s1. The summed E-state index contributed by atoms with van der Waals surface area (Å²) in [5.74, 6) is 1.99. The van der Waals surface area contributed by atoms with Crippen molar-refractivity contribution in [2.24, 2.45) is 5.92 Å². The van der Waals surface area contributed by atoms with Crippen molar-refractivity contribution in [1.29, 1.82) is 0 Å². The van der Waals surface area contributed by atoms with Gasteiger partial charge in [-0.3, -0.25) is 9.69 Å². The number of hydrogen-bond acceptors (Lipinski definition) is 3. The molecule has 0 N–H and O–H groups in total. The summed E-state index contributed by atoms with van der Waals surface area (Å²) in [4.78, 5) is 18.0. The van der Waals surface area contributed by atoms with Crippen molar-refractivity contribution in [3.05, 3.63) is 102 Å². The average Bonchev–Trinajstić information content (AvgIpc) is 2.89. The van der Waals surface area contributed by atoms with Gasteiger partial charge in [0.05, 0.1) is 7.11 Å². The maximum Gasteiger partial charge on any atom is 0.222 e. The molecule has 34 heavy (non-hydrogen) atoms. The van der Waals surface area contributed by atoms with Crippen LogP contribution in [0.3, 0.4) is 0 Å². The van der Waals surface area contributed by atoms with E-state index in [0.29, 0.717) is 24.3 Å². The van der Waals surface area contributed by atoms with Crippen LogP contribution in [0.5, 0.6) is 5.75 Å². The molecule has 4 heteroatoms. The van der Waals surface area contributed by atoms with E-state index in [4.69, 9.17) is 4.74 Å². The molecule has 2 aliphatic heterocycles. The first kappa shape index (κ1) is 22.7. The van der Waals surface area contributed by atoms with Gasteiger partial charge in [0.15, 0.2) is 0 Å². The van der Waals surface area contributed by atoms with Gasteiger partial charge in [0.1, 0.15) is 5.75 Å². The van der Waals surface area contributed by atoms with E-state index >= 15 is 0 Å². The van der Waals surface area contributed by atoms with Gasteiger partial charge < -0.3 is 9.64 Å². The van der Waals surface area contributed by atoms with E-state index in [1.807, 2.05) is 12.1 Å². The normalized spacial score (nSPS) is 20.9. The topological polar surface area (TPSA) is 32.8 Å².